The van der Waals surface area contributed by atoms with E-state index in [1.165, 1.54) is 6.08 Å². The van der Waals surface area contributed by atoms with Crippen LogP contribution in [-0.2, 0) is 4.79 Å². The highest BCUT2D eigenvalue weighted by atomic mass is 16.5. The summed E-state index contributed by atoms with van der Waals surface area (Å²) in [6.07, 6.45) is 4.74. The van der Waals surface area contributed by atoms with Crippen LogP contribution >= 0.6 is 0 Å². The molecule has 0 unspecified atom stereocenters. The predicted octanol–water partition coefficient (Wildman–Crippen LogP) is 2.07. The molecule has 92 valence electrons. The van der Waals surface area contributed by atoms with E-state index in [0.29, 0.717) is 5.82 Å². The van der Waals surface area contributed by atoms with Crippen LogP contribution in [0, 0.1) is 0 Å². The monoisotopic (exact) mass is 243 g/mol. The van der Waals surface area contributed by atoms with Gasteiger partial charge in [-0.1, -0.05) is 12.1 Å². The Bertz CT molecular complexity index is 547. The molecular weight excluding hydrogens is 230 g/mol. The lowest BCUT2D eigenvalue weighted by Gasteiger charge is -2.00. The van der Waals surface area contributed by atoms with Crippen LogP contribution in [0.5, 0.6) is 5.75 Å². The number of carbonyl (C=O) groups excluding carboxylic acids is 1. The molecule has 0 saturated carbocycles. The molecule has 2 N–H and O–H groups in total. The summed E-state index contributed by atoms with van der Waals surface area (Å²) in [4.78, 5) is 11.6. The van der Waals surface area contributed by atoms with E-state index in [0.717, 1.165) is 11.3 Å². The van der Waals surface area contributed by atoms with Gasteiger partial charge in [-0.2, -0.15) is 5.10 Å². The van der Waals surface area contributed by atoms with E-state index in [1.807, 2.05) is 24.3 Å². The Labute approximate surface area is 104 Å². The van der Waals surface area contributed by atoms with Crippen molar-refractivity contribution in [2.24, 2.45) is 0 Å². The van der Waals surface area contributed by atoms with E-state index in [1.54, 1.807) is 25.4 Å². The number of hydrogen-bond donors (Lipinski definition) is 2. The lowest BCUT2D eigenvalue weighted by molar-refractivity contribution is -0.111. The first-order valence-electron chi connectivity index (χ1n) is 5.40. The Hall–Kier alpha value is -2.56. The highest BCUT2D eigenvalue weighted by molar-refractivity contribution is 6.01. The minimum absolute atomic E-state index is 0.220. The molecule has 5 nitrogen and oxygen atoms in total. The Morgan fingerprint density at radius 1 is 1.44 bits per heavy atom. The standard InChI is InChI=1S/C13H13N3O2/c1-18-11-4-2-3-10(9-11)5-6-13(17)15-12-7-8-14-16-12/h2-9H,1H3,(H2,14,15,16,17). The molecule has 0 radical (unpaired) electrons. The van der Waals surface area contributed by atoms with Crippen LogP contribution in [0.25, 0.3) is 6.08 Å². The number of ether oxygens (including phenoxy) is 1. The Balaban J connectivity index is 1.99. The zero-order valence-corrected chi connectivity index (χ0v) is 9.88. The van der Waals surface area contributed by atoms with Crippen LogP contribution in [0.3, 0.4) is 0 Å². The molecule has 5 heteroatoms. The average molecular weight is 243 g/mol. The molecule has 0 aliphatic rings. The smallest absolute Gasteiger partial charge is 0.249 e. The average Bonchev–Trinajstić information content (AvgIpc) is 2.89. The zero-order valence-electron chi connectivity index (χ0n) is 9.88. The van der Waals surface area contributed by atoms with Crippen molar-refractivity contribution in [3.8, 4) is 5.75 Å². The minimum atomic E-state index is -0.220. The first-order chi connectivity index (χ1) is 8.78. The third-order valence-corrected chi connectivity index (χ3v) is 2.28. The predicted molar refractivity (Wildman–Crippen MR) is 69.2 cm³/mol. The number of H-pyrrole nitrogens is 1. The zero-order chi connectivity index (χ0) is 12.8. The maximum Gasteiger partial charge on any atom is 0.249 e. The molecule has 0 spiro atoms. The van der Waals surface area contributed by atoms with Crippen LogP contribution in [-0.4, -0.2) is 23.2 Å². The van der Waals surface area contributed by atoms with E-state index in [-0.39, 0.29) is 5.91 Å². The summed E-state index contributed by atoms with van der Waals surface area (Å²) in [7, 11) is 1.60. The highest BCUT2D eigenvalue weighted by Crippen LogP contribution is 2.13. The van der Waals surface area contributed by atoms with Gasteiger partial charge in [-0.3, -0.25) is 9.89 Å². The Kier molecular flexibility index (Phi) is 3.76. The van der Waals surface area contributed by atoms with Gasteiger partial charge in [0.15, 0.2) is 0 Å². The van der Waals surface area contributed by atoms with Gasteiger partial charge < -0.3 is 10.1 Å². The molecule has 0 bridgehead atoms. The van der Waals surface area contributed by atoms with Gasteiger partial charge in [0.2, 0.25) is 5.91 Å². The van der Waals surface area contributed by atoms with Gasteiger partial charge in [-0.05, 0) is 23.8 Å². The lowest BCUT2D eigenvalue weighted by Crippen LogP contribution is -2.07. The number of benzene rings is 1. The summed E-state index contributed by atoms with van der Waals surface area (Å²) in [5, 5.41) is 9.03. The summed E-state index contributed by atoms with van der Waals surface area (Å²) in [6.45, 7) is 0. The first kappa shape index (κ1) is 11.9. The number of aromatic amines is 1. The third kappa shape index (κ3) is 3.21. The fourth-order valence-corrected chi connectivity index (χ4v) is 1.42. The topological polar surface area (TPSA) is 67.0 Å². The van der Waals surface area contributed by atoms with Crippen molar-refractivity contribution in [2.45, 2.75) is 0 Å². The minimum Gasteiger partial charge on any atom is -0.497 e. The number of rotatable bonds is 4. The summed E-state index contributed by atoms with van der Waals surface area (Å²) >= 11 is 0. The molecule has 0 aliphatic carbocycles. The van der Waals surface area contributed by atoms with Crippen molar-refractivity contribution < 1.29 is 9.53 Å². The molecule has 18 heavy (non-hydrogen) atoms. The van der Waals surface area contributed by atoms with Gasteiger partial charge in [0.1, 0.15) is 11.6 Å². The second-order valence-corrected chi connectivity index (χ2v) is 3.57. The quantitative estimate of drug-likeness (QED) is 0.808. The van der Waals surface area contributed by atoms with Crippen LogP contribution < -0.4 is 10.1 Å². The van der Waals surface area contributed by atoms with Gasteiger partial charge >= 0.3 is 0 Å². The SMILES string of the molecule is COc1cccc(C=CC(=O)Nc2ccn[nH]2)c1. The Morgan fingerprint density at radius 3 is 3.06 bits per heavy atom. The van der Waals surface area contributed by atoms with Gasteiger partial charge in [-0.25, -0.2) is 0 Å². The number of anilines is 1. The van der Waals surface area contributed by atoms with E-state index in [2.05, 4.69) is 15.5 Å². The molecule has 0 atom stereocenters. The number of nitrogens with zero attached hydrogens (tertiary/aromatic N) is 1. The first-order valence-corrected chi connectivity index (χ1v) is 5.40. The van der Waals surface area contributed by atoms with Crippen molar-refractivity contribution in [1.82, 2.24) is 10.2 Å². The van der Waals surface area contributed by atoms with Crippen molar-refractivity contribution in [3.63, 3.8) is 0 Å². The number of amides is 1. The van der Waals surface area contributed by atoms with Crippen molar-refractivity contribution in [3.05, 3.63) is 48.2 Å². The van der Waals surface area contributed by atoms with Crippen molar-refractivity contribution in [1.29, 1.82) is 0 Å². The maximum absolute atomic E-state index is 11.6. The second kappa shape index (κ2) is 5.67. The molecule has 2 rings (SSSR count). The van der Waals surface area contributed by atoms with Crippen LogP contribution in [0.2, 0.25) is 0 Å². The summed E-state index contributed by atoms with van der Waals surface area (Å²) in [5.41, 5.74) is 0.897. The molecule has 1 amide bonds. The van der Waals surface area contributed by atoms with Crippen LogP contribution in [0.1, 0.15) is 5.56 Å². The van der Waals surface area contributed by atoms with Crippen LogP contribution in [0.4, 0.5) is 5.82 Å². The fraction of sp³-hybridized carbons (Fsp3) is 0.0769. The maximum atomic E-state index is 11.6. The van der Waals surface area contributed by atoms with Gasteiger partial charge in [-0.15, -0.1) is 0 Å². The van der Waals surface area contributed by atoms with Crippen molar-refractivity contribution >= 4 is 17.8 Å². The van der Waals surface area contributed by atoms with E-state index < -0.39 is 0 Å². The van der Waals surface area contributed by atoms with E-state index >= 15 is 0 Å². The Morgan fingerprint density at radius 2 is 2.33 bits per heavy atom. The summed E-state index contributed by atoms with van der Waals surface area (Å²) in [6, 6.07) is 9.13. The molecule has 2 aromatic rings. The largest absolute Gasteiger partial charge is 0.497 e. The molecule has 1 heterocycles. The van der Waals surface area contributed by atoms with E-state index in [9.17, 15) is 4.79 Å². The summed E-state index contributed by atoms with van der Waals surface area (Å²) < 4.78 is 5.10. The number of aromatic nitrogens is 2. The number of methoxy groups -OCH3 is 1. The molecule has 0 saturated heterocycles. The number of hydrogen-bond acceptors (Lipinski definition) is 3. The normalized spacial score (nSPS) is 10.5. The van der Waals surface area contributed by atoms with Crippen LogP contribution in [0.15, 0.2) is 42.6 Å². The number of nitrogens with one attached hydrogen (secondary N) is 2. The van der Waals surface area contributed by atoms with Gasteiger partial charge in [0, 0.05) is 12.1 Å². The highest BCUT2D eigenvalue weighted by Gasteiger charge is 1.98. The van der Waals surface area contributed by atoms with Gasteiger partial charge in [0.25, 0.3) is 0 Å². The fourth-order valence-electron chi connectivity index (χ4n) is 1.42. The van der Waals surface area contributed by atoms with Crippen molar-refractivity contribution in [2.75, 3.05) is 12.4 Å². The van der Waals surface area contributed by atoms with E-state index in [4.69, 9.17) is 4.74 Å². The second-order valence-electron chi connectivity index (χ2n) is 3.57. The molecular formula is C13H13N3O2. The molecule has 0 aliphatic heterocycles. The molecule has 1 aromatic carbocycles. The lowest BCUT2D eigenvalue weighted by atomic mass is 10.2. The summed E-state index contributed by atoms with van der Waals surface area (Å²) in [5.74, 6) is 1.10. The number of carbonyl (C=O) groups is 1. The molecule has 1 aromatic heterocycles. The molecule has 0 fully saturated rings. The van der Waals surface area contributed by atoms with Gasteiger partial charge in [0.05, 0.1) is 13.3 Å². The third-order valence-electron chi connectivity index (χ3n) is 2.28.